The number of piperidine rings is 1. The molecule has 2 aromatic rings. The molecule has 4 nitrogen and oxygen atoms in total. The molecule has 1 aliphatic carbocycles. The molecule has 140 valence electrons. The van der Waals surface area contributed by atoms with Crippen molar-refractivity contribution in [3.63, 3.8) is 0 Å². The van der Waals surface area contributed by atoms with Gasteiger partial charge in [0.25, 0.3) is 5.91 Å². The molecule has 3 heterocycles. The highest BCUT2D eigenvalue weighted by Crippen LogP contribution is 2.52. The molecule has 0 spiro atoms. The summed E-state index contributed by atoms with van der Waals surface area (Å²) in [5.41, 5.74) is 2.05. The quantitative estimate of drug-likeness (QED) is 0.911. The van der Waals surface area contributed by atoms with Crippen LogP contribution in [0.5, 0.6) is 0 Å². The van der Waals surface area contributed by atoms with Gasteiger partial charge < -0.3 is 10.2 Å². The van der Waals surface area contributed by atoms with Gasteiger partial charge >= 0.3 is 0 Å². The first kappa shape index (κ1) is 16.9. The molecule has 1 N–H and O–H groups in total. The molecule has 4 heteroatoms. The lowest BCUT2D eigenvalue weighted by atomic mass is 9.64. The van der Waals surface area contributed by atoms with Crippen molar-refractivity contribution in [2.45, 2.75) is 63.2 Å². The standard InChI is InChI=1S/C23H27N3O/c1-23-15-18-19(14-16-8-3-2-4-9-16)26(21(23)12-7-11-20(23)25-18)22(27)17-10-5-6-13-24-17/h2-6,8-10,13,18-21,25H,7,11-12,14-15H2,1H3/t18-,19+,20-,21+,23-/m0/s1. The first-order valence-electron chi connectivity index (χ1n) is 10.2. The minimum absolute atomic E-state index is 0.0989. The van der Waals surface area contributed by atoms with E-state index in [1.54, 1.807) is 6.20 Å². The lowest BCUT2D eigenvalue weighted by molar-refractivity contribution is -0.0115. The summed E-state index contributed by atoms with van der Waals surface area (Å²) in [6.45, 7) is 2.39. The van der Waals surface area contributed by atoms with Gasteiger partial charge in [-0.3, -0.25) is 9.78 Å². The molecule has 3 aliphatic rings. The van der Waals surface area contributed by atoms with Crippen LogP contribution in [-0.4, -0.2) is 40.0 Å². The van der Waals surface area contributed by atoms with Crippen molar-refractivity contribution in [1.82, 2.24) is 15.2 Å². The predicted molar refractivity (Wildman–Crippen MR) is 105 cm³/mol. The number of nitrogens with one attached hydrogen (secondary N) is 1. The number of carbonyl (C=O) groups is 1. The Kier molecular flexibility index (Phi) is 4.05. The number of likely N-dealkylation sites (tertiary alicyclic amines) is 1. The average molecular weight is 361 g/mol. The Morgan fingerprint density at radius 2 is 2.00 bits per heavy atom. The van der Waals surface area contributed by atoms with Gasteiger partial charge in [-0.15, -0.1) is 0 Å². The fraction of sp³-hybridized carbons (Fsp3) is 0.478. The monoisotopic (exact) mass is 361 g/mol. The van der Waals surface area contributed by atoms with Crippen LogP contribution >= 0.6 is 0 Å². The van der Waals surface area contributed by atoms with Crippen LogP contribution in [0.4, 0.5) is 0 Å². The van der Waals surface area contributed by atoms with Crippen LogP contribution in [0.25, 0.3) is 0 Å². The zero-order valence-electron chi connectivity index (χ0n) is 15.8. The molecule has 1 aromatic heterocycles. The van der Waals surface area contributed by atoms with Crippen LogP contribution in [-0.2, 0) is 6.42 Å². The smallest absolute Gasteiger partial charge is 0.273 e. The van der Waals surface area contributed by atoms with Crippen LogP contribution < -0.4 is 5.32 Å². The van der Waals surface area contributed by atoms with Gasteiger partial charge in [0.15, 0.2) is 0 Å². The molecule has 2 bridgehead atoms. The Morgan fingerprint density at radius 1 is 1.19 bits per heavy atom. The van der Waals surface area contributed by atoms with E-state index in [2.05, 4.69) is 52.5 Å². The van der Waals surface area contributed by atoms with Gasteiger partial charge in [-0.25, -0.2) is 0 Å². The third kappa shape index (κ3) is 2.69. The minimum atomic E-state index is 0.0989. The molecule has 2 saturated heterocycles. The maximum atomic E-state index is 13.6. The lowest BCUT2D eigenvalue weighted by Crippen LogP contribution is -2.62. The second-order valence-corrected chi connectivity index (χ2v) is 8.67. The molecule has 1 aromatic carbocycles. The van der Waals surface area contributed by atoms with E-state index in [1.807, 2.05) is 18.2 Å². The number of pyridine rings is 1. The van der Waals surface area contributed by atoms with Crippen molar-refractivity contribution < 1.29 is 4.79 Å². The third-order valence-electron chi connectivity index (χ3n) is 7.17. The molecule has 5 rings (SSSR count). The van der Waals surface area contributed by atoms with Crippen LogP contribution in [0.1, 0.15) is 48.7 Å². The van der Waals surface area contributed by atoms with Crippen LogP contribution in [0, 0.1) is 5.41 Å². The fourth-order valence-corrected chi connectivity index (χ4v) is 5.89. The second kappa shape index (κ2) is 6.45. The van der Waals surface area contributed by atoms with Gasteiger partial charge in [-0.05, 0) is 49.8 Å². The number of benzene rings is 1. The summed E-state index contributed by atoms with van der Waals surface area (Å²) in [5, 5.41) is 3.92. The highest BCUT2D eigenvalue weighted by molar-refractivity contribution is 5.93. The number of hydrogen-bond acceptors (Lipinski definition) is 3. The van der Waals surface area contributed by atoms with E-state index in [0.29, 0.717) is 23.8 Å². The number of nitrogens with zero attached hydrogens (tertiary/aromatic N) is 2. The normalized spacial score (nSPS) is 34.5. The van der Waals surface area contributed by atoms with E-state index < -0.39 is 0 Å². The van der Waals surface area contributed by atoms with Crippen LogP contribution in [0.3, 0.4) is 0 Å². The van der Waals surface area contributed by atoms with E-state index >= 15 is 0 Å². The Morgan fingerprint density at radius 3 is 2.78 bits per heavy atom. The van der Waals surface area contributed by atoms with Gasteiger partial charge in [0.2, 0.25) is 0 Å². The summed E-state index contributed by atoms with van der Waals surface area (Å²) in [4.78, 5) is 20.2. The Labute approximate surface area is 161 Å². The number of amides is 1. The van der Waals surface area contributed by atoms with Gasteiger partial charge in [0, 0.05) is 29.7 Å². The second-order valence-electron chi connectivity index (χ2n) is 8.67. The van der Waals surface area contributed by atoms with E-state index in [-0.39, 0.29) is 17.4 Å². The SMILES string of the molecule is C[C@]12C[C@@H]3N[C@H]1CCC[C@H]2N(C(=O)c1ccccn1)[C@@H]3Cc1ccccc1. The molecule has 2 aliphatic heterocycles. The summed E-state index contributed by atoms with van der Waals surface area (Å²) in [7, 11) is 0. The molecule has 0 unspecified atom stereocenters. The van der Waals surface area contributed by atoms with Crippen molar-refractivity contribution in [2.75, 3.05) is 0 Å². The van der Waals surface area contributed by atoms with Gasteiger partial charge in [0.05, 0.1) is 6.04 Å². The van der Waals surface area contributed by atoms with Crippen molar-refractivity contribution in [3.8, 4) is 0 Å². The molecular formula is C23H27N3O. The number of rotatable bonds is 3. The third-order valence-corrected chi connectivity index (χ3v) is 7.17. The van der Waals surface area contributed by atoms with Crippen LogP contribution in [0.2, 0.25) is 0 Å². The maximum Gasteiger partial charge on any atom is 0.273 e. The molecule has 3 fully saturated rings. The Balaban J connectivity index is 1.55. The summed E-state index contributed by atoms with van der Waals surface area (Å²) in [5.74, 6) is 0.0989. The van der Waals surface area contributed by atoms with Gasteiger partial charge in [-0.2, -0.15) is 0 Å². The van der Waals surface area contributed by atoms with E-state index in [9.17, 15) is 4.79 Å². The summed E-state index contributed by atoms with van der Waals surface area (Å²) >= 11 is 0. The van der Waals surface area contributed by atoms with Gasteiger partial charge in [0.1, 0.15) is 5.69 Å². The molecule has 0 radical (unpaired) electrons. The van der Waals surface area contributed by atoms with E-state index in [0.717, 1.165) is 12.8 Å². The minimum Gasteiger partial charge on any atom is -0.329 e. The number of aromatic nitrogens is 1. The van der Waals surface area contributed by atoms with Crippen LogP contribution in [0.15, 0.2) is 54.7 Å². The summed E-state index contributed by atoms with van der Waals surface area (Å²) in [6, 6.07) is 17.6. The Hall–Kier alpha value is -2.20. The summed E-state index contributed by atoms with van der Waals surface area (Å²) in [6.07, 6.45) is 7.32. The first-order valence-corrected chi connectivity index (χ1v) is 10.2. The molecule has 1 amide bonds. The molecule has 5 atom stereocenters. The van der Waals surface area contributed by atoms with Crippen molar-refractivity contribution in [1.29, 1.82) is 0 Å². The fourth-order valence-electron chi connectivity index (χ4n) is 5.89. The maximum absolute atomic E-state index is 13.6. The first-order chi connectivity index (χ1) is 13.2. The Bertz CT molecular complexity index is 824. The number of fused-ring (bicyclic) bond motifs is 1. The molecular weight excluding hydrogens is 334 g/mol. The van der Waals surface area contributed by atoms with Crippen molar-refractivity contribution in [2.24, 2.45) is 5.41 Å². The largest absolute Gasteiger partial charge is 0.329 e. The highest BCUT2D eigenvalue weighted by atomic mass is 16.2. The molecule has 27 heavy (non-hydrogen) atoms. The summed E-state index contributed by atoms with van der Waals surface area (Å²) < 4.78 is 0. The topological polar surface area (TPSA) is 45.2 Å². The van der Waals surface area contributed by atoms with E-state index in [1.165, 1.54) is 24.8 Å². The molecule has 1 saturated carbocycles. The zero-order chi connectivity index (χ0) is 18.4. The lowest BCUT2D eigenvalue weighted by Gasteiger charge is -2.53. The average Bonchev–Trinajstić information content (AvgIpc) is 3.05. The number of carbonyl (C=O) groups excluding carboxylic acids is 1. The zero-order valence-corrected chi connectivity index (χ0v) is 15.8. The number of hydrogen-bond donors (Lipinski definition) is 1. The van der Waals surface area contributed by atoms with Gasteiger partial charge in [-0.1, -0.05) is 43.3 Å². The predicted octanol–water partition coefficient (Wildman–Crippen LogP) is 3.44. The van der Waals surface area contributed by atoms with Crippen molar-refractivity contribution >= 4 is 5.91 Å². The van der Waals surface area contributed by atoms with E-state index in [4.69, 9.17) is 0 Å². The highest BCUT2D eigenvalue weighted by Gasteiger charge is 2.60. The van der Waals surface area contributed by atoms with Crippen molar-refractivity contribution in [3.05, 3.63) is 66.0 Å².